The number of carbonyl (C=O) groups excluding carboxylic acids is 2. The lowest BCUT2D eigenvalue weighted by molar-refractivity contribution is -0.251. The van der Waals surface area contributed by atoms with Crippen LogP contribution in [0.5, 0.6) is 0 Å². The van der Waals surface area contributed by atoms with Gasteiger partial charge in [-0.1, -0.05) is 20.8 Å². The Bertz CT molecular complexity index is 362. The van der Waals surface area contributed by atoms with E-state index in [0.717, 1.165) is 5.06 Å². The van der Waals surface area contributed by atoms with E-state index in [9.17, 15) is 22.8 Å². The second-order valence-corrected chi connectivity index (χ2v) is 5.20. The molecule has 104 valence electrons. The summed E-state index contributed by atoms with van der Waals surface area (Å²) in [5, 5.41) is 0.776. The van der Waals surface area contributed by atoms with E-state index in [2.05, 4.69) is 4.84 Å². The summed E-state index contributed by atoms with van der Waals surface area (Å²) >= 11 is 0. The van der Waals surface area contributed by atoms with Crippen molar-refractivity contribution >= 4 is 11.9 Å². The van der Waals surface area contributed by atoms with Crippen LogP contribution in [0.1, 0.15) is 20.8 Å². The molecule has 18 heavy (non-hydrogen) atoms. The fourth-order valence-corrected chi connectivity index (χ4v) is 1.91. The monoisotopic (exact) mass is 268 g/mol. The highest BCUT2D eigenvalue weighted by Gasteiger charge is 2.49. The van der Waals surface area contributed by atoms with Crippen LogP contribution in [0.3, 0.4) is 0 Å². The first-order valence-electron chi connectivity index (χ1n) is 5.26. The minimum absolute atomic E-state index is 0.375. The van der Waals surface area contributed by atoms with Gasteiger partial charge in [0.05, 0.1) is 0 Å². The fraction of sp³-hybridized carbons (Fsp3) is 0.800. The number of hydroxylamine groups is 2. The van der Waals surface area contributed by atoms with Gasteiger partial charge in [-0.15, -0.1) is 5.06 Å². The molecule has 1 saturated heterocycles. The van der Waals surface area contributed by atoms with Gasteiger partial charge in [0, 0.05) is 7.05 Å². The Labute approximate surface area is 102 Å². The molecule has 0 N–H and O–H groups in total. The van der Waals surface area contributed by atoms with Gasteiger partial charge in [-0.3, -0.25) is 4.79 Å². The van der Waals surface area contributed by atoms with E-state index in [4.69, 9.17) is 0 Å². The first-order valence-corrected chi connectivity index (χ1v) is 5.26. The van der Waals surface area contributed by atoms with Gasteiger partial charge in [0.25, 0.3) is 0 Å². The number of hydrogen-bond acceptors (Lipinski definition) is 4. The molecule has 0 radical (unpaired) electrons. The van der Waals surface area contributed by atoms with Gasteiger partial charge in [0.15, 0.2) is 0 Å². The van der Waals surface area contributed by atoms with Crippen molar-refractivity contribution in [3.8, 4) is 0 Å². The van der Waals surface area contributed by atoms with Crippen LogP contribution in [0, 0.1) is 5.41 Å². The predicted molar refractivity (Wildman–Crippen MR) is 54.9 cm³/mol. The molecule has 0 aromatic rings. The van der Waals surface area contributed by atoms with Crippen LogP contribution in [-0.4, -0.2) is 47.8 Å². The number of halogens is 3. The van der Waals surface area contributed by atoms with Crippen molar-refractivity contribution in [2.75, 3.05) is 13.6 Å². The number of hydrogen-bond donors (Lipinski definition) is 0. The van der Waals surface area contributed by atoms with Crippen molar-refractivity contribution in [2.24, 2.45) is 5.41 Å². The number of rotatable bonds is 1. The maximum Gasteiger partial charge on any atom is 0.492 e. The maximum atomic E-state index is 12.1. The zero-order valence-corrected chi connectivity index (χ0v) is 10.5. The van der Waals surface area contributed by atoms with Crippen molar-refractivity contribution in [3.63, 3.8) is 0 Å². The molecular weight excluding hydrogens is 253 g/mol. The largest absolute Gasteiger partial charge is 0.492 e. The first-order chi connectivity index (χ1) is 7.94. The molecule has 1 aliphatic heterocycles. The third kappa shape index (κ3) is 2.92. The van der Waals surface area contributed by atoms with Crippen molar-refractivity contribution in [3.05, 3.63) is 0 Å². The van der Waals surface area contributed by atoms with Gasteiger partial charge in [-0.25, -0.2) is 4.79 Å². The Balaban J connectivity index is 2.88. The molecule has 8 heteroatoms. The minimum Gasteiger partial charge on any atom is -0.358 e. The average molecular weight is 268 g/mol. The number of likely N-dealkylation sites (N-methyl/N-ethyl adjacent to an activating group) is 1. The van der Waals surface area contributed by atoms with Crippen LogP contribution in [-0.2, 0) is 14.4 Å². The third-order valence-electron chi connectivity index (χ3n) is 2.53. The molecule has 1 heterocycles. The highest BCUT2D eigenvalue weighted by atomic mass is 19.4. The fourth-order valence-electron chi connectivity index (χ4n) is 1.91. The van der Waals surface area contributed by atoms with E-state index >= 15 is 0 Å². The summed E-state index contributed by atoms with van der Waals surface area (Å²) in [5.74, 6) is -2.72. The molecule has 0 aromatic carbocycles. The van der Waals surface area contributed by atoms with E-state index in [1.54, 1.807) is 20.8 Å². The Morgan fingerprint density at radius 2 is 1.83 bits per heavy atom. The van der Waals surface area contributed by atoms with Gasteiger partial charge < -0.3 is 9.74 Å². The van der Waals surface area contributed by atoms with Crippen LogP contribution < -0.4 is 0 Å². The summed E-state index contributed by atoms with van der Waals surface area (Å²) in [6.07, 6.45) is -5.80. The highest BCUT2D eigenvalue weighted by Crippen LogP contribution is 2.31. The summed E-state index contributed by atoms with van der Waals surface area (Å²) in [4.78, 5) is 27.8. The molecule has 1 atom stereocenters. The van der Waals surface area contributed by atoms with Gasteiger partial charge >= 0.3 is 12.1 Å². The number of nitrogens with zero attached hydrogens (tertiary/aromatic N) is 2. The lowest BCUT2D eigenvalue weighted by Gasteiger charge is -2.36. The molecule has 0 bridgehead atoms. The maximum absolute atomic E-state index is 12.1. The summed E-state index contributed by atoms with van der Waals surface area (Å²) in [6, 6.07) is 0. The van der Waals surface area contributed by atoms with E-state index in [-0.39, 0.29) is 6.54 Å². The number of carbonyl (C=O) groups is 2. The molecule has 0 unspecified atom stereocenters. The van der Waals surface area contributed by atoms with Gasteiger partial charge in [-0.2, -0.15) is 13.2 Å². The standard InChI is InChI=1S/C10H15F3N2O3/c1-9(2,3)7-14(4)6(16)5-15(7)18-8(17)10(11,12)13/h7H,5H2,1-4H3/t7-/m1/s1. The van der Waals surface area contributed by atoms with Crippen LogP contribution in [0.15, 0.2) is 0 Å². The average Bonchev–Trinajstić information content (AvgIpc) is 2.39. The quantitative estimate of drug-likeness (QED) is 0.716. The highest BCUT2D eigenvalue weighted by molar-refractivity contribution is 5.81. The lowest BCUT2D eigenvalue weighted by atomic mass is 9.92. The van der Waals surface area contributed by atoms with Crippen LogP contribution in [0.2, 0.25) is 0 Å². The molecule has 0 saturated carbocycles. The Morgan fingerprint density at radius 1 is 1.33 bits per heavy atom. The Morgan fingerprint density at radius 3 is 2.22 bits per heavy atom. The van der Waals surface area contributed by atoms with E-state index < -0.39 is 29.6 Å². The summed E-state index contributed by atoms with van der Waals surface area (Å²) in [5.41, 5.74) is -0.549. The molecule has 1 aliphatic rings. The molecule has 1 amide bonds. The molecular formula is C10H15F3N2O3. The molecule has 0 aliphatic carbocycles. The topological polar surface area (TPSA) is 49.9 Å². The van der Waals surface area contributed by atoms with Gasteiger partial charge in [-0.05, 0) is 5.41 Å². The normalized spacial score (nSPS) is 22.5. The lowest BCUT2D eigenvalue weighted by Crippen LogP contribution is -2.48. The Kier molecular flexibility index (Phi) is 3.62. The summed E-state index contributed by atoms with van der Waals surface area (Å²) in [7, 11) is 1.46. The van der Waals surface area contributed by atoms with Crippen molar-refractivity contribution < 1.29 is 27.6 Å². The molecule has 5 nitrogen and oxygen atoms in total. The van der Waals surface area contributed by atoms with Crippen molar-refractivity contribution in [1.82, 2.24) is 9.96 Å². The zero-order chi connectivity index (χ0) is 14.3. The summed E-state index contributed by atoms with van der Waals surface area (Å²) < 4.78 is 36.4. The van der Waals surface area contributed by atoms with Gasteiger partial charge in [0.1, 0.15) is 12.7 Å². The second-order valence-electron chi connectivity index (χ2n) is 5.20. The minimum atomic E-state index is -5.08. The SMILES string of the molecule is CN1C(=O)CN(OC(=O)C(F)(F)F)[C@@H]1C(C)(C)C. The zero-order valence-electron chi connectivity index (χ0n) is 10.5. The smallest absolute Gasteiger partial charge is 0.358 e. The van der Waals surface area contributed by atoms with Crippen LogP contribution in [0.25, 0.3) is 0 Å². The first kappa shape index (κ1) is 14.7. The molecule has 0 aromatic heterocycles. The predicted octanol–water partition coefficient (Wildman–Crippen LogP) is 1.15. The molecule has 1 fully saturated rings. The van der Waals surface area contributed by atoms with Crippen molar-refractivity contribution in [1.29, 1.82) is 0 Å². The van der Waals surface area contributed by atoms with Crippen LogP contribution in [0.4, 0.5) is 13.2 Å². The third-order valence-corrected chi connectivity index (χ3v) is 2.53. The van der Waals surface area contributed by atoms with Crippen LogP contribution >= 0.6 is 0 Å². The molecule has 0 spiro atoms. The Hall–Kier alpha value is -1.31. The van der Waals surface area contributed by atoms with E-state index in [0.29, 0.717) is 0 Å². The van der Waals surface area contributed by atoms with Gasteiger partial charge in [0.2, 0.25) is 5.91 Å². The number of alkyl halides is 3. The molecule has 1 rings (SSSR count). The van der Waals surface area contributed by atoms with Crippen molar-refractivity contribution in [2.45, 2.75) is 33.1 Å². The number of amides is 1. The van der Waals surface area contributed by atoms with E-state index in [1.165, 1.54) is 11.9 Å². The van der Waals surface area contributed by atoms with E-state index in [1.807, 2.05) is 0 Å². The summed E-state index contributed by atoms with van der Waals surface area (Å²) in [6.45, 7) is 4.84. The second kappa shape index (κ2) is 4.42.